The van der Waals surface area contributed by atoms with Gasteiger partial charge in [0.25, 0.3) is 0 Å². The molecule has 1 rings (SSSR count). The first kappa shape index (κ1) is 11.4. The topological polar surface area (TPSA) is 40.9 Å². The van der Waals surface area contributed by atoms with E-state index in [0.29, 0.717) is 5.56 Å². The highest BCUT2D eigenvalue weighted by Crippen LogP contribution is 2.17. The van der Waals surface area contributed by atoms with Gasteiger partial charge in [-0.2, -0.15) is 5.26 Å². The second-order valence-electron chi connectivity index (χ2n) is 3.56. The van der Waals surface area contributed by atoms with Crippen molar-refractivity contribution in [2.45, 2.75) is 20.3 Å². The number of benzene rings is 1. The van der Waals surface area contributed by atoms with E-state index < -0.39 is 11.7 Å². The monoisotopic (exact) mass is 205 g/mol. The number of carbonyl (C=O) groups is 1. The fourth-order valence-corrected chi connectivity index (χ4v) is 1.33. The molecule has 1 unspecified atom stereocenters. The predicted molar refractivity (Wildman–Crippen MR) is 54.9 cm³/mol. The minimum atomic E-state index is -0.479. The lowest BCUT2D eigenvalue weighted by Gasteiger charge is -2.08. The zero-order valence-electron chi connectivity index (χ0n) is 8.75. The van der Waals surface area contributed by atoms with Crippen LogP contribution in [-0.2, 0) is 0 Å². The Morgan fingerprint density at radius 3 is 2.87 bits per heavy atom. The molecule has 1 aromatic carbocycles. The van der Waals surface area contributed by atoms with Crippen molar-refractivity contribution in [1.82, 2.24) is 0 Å². The summed E-state index contributed by atoms with van der Waals surface area (Å²) in [6.45, 7) is 3.24. The van der Waals surface area contributed by atoms with Gasteiger partial charge in [-0.1, -0.05) is 19.1 Å². The second kappa shape index (κ2) is 4.70. The van der Waals surface area contributed by atoms with Gasteiger partial charge in [0.05, 0.1) is 11.6 Å². The molecular weight excluding hydrogens is 193 g/mol. The third-order valence-corrected chi connectivity index (χ3v) is 2.30. The summed E-state index contributed by atoms with van der Waals surface area (Å²) in [4.78, 5) is 11.7. The van der Waals surface area contributed by atoms with Gasteiger partial charge in [-0.3, -0.25) is 4.79 Å². The highest BCUT2D eigenvalue weighted by atomic mass is 19.1. The summed E-state index contributed by atoms with van der Waals surface area (Å²) >= 11 is 0. The molecule has 3 heteroatoms. The van der Waals surface area contributed by atoms with E-state index >= 15 is 0 Å². The number of nitriles is 1. The molecule has 0 aliphatic rings. The van der Waals surface area contributed by atoms with Gasteiger partial charge in [0.15, 0.2) is 5.78 Å². The molecule has 0 aromatic heterocycles. The highest BCUT2D eigenvalue weighted by molar-refractivity contribution is 5.98. The third-order valence-electron chi connectivity index (χ3n) is 2.30. The number of ketones is 1. The van der Waals surface area contributed by atoms with Crippen LogP contribution in [0.15, 0.2) is 18.2 Å². The lowest BCUT2D eigenvalue weighted by molar-refractivity contribution is 0.0927. The second-order valence-corrected chi connectivity index (χ2v) is 3.56. The Labute approximate surface area is 88.3 Å². The normalized spacial score (nSPS) is 11.9. The molecule has 0 aliphatic carbocycles. The number of rotatable bonds is 3. The Hall–Kier alpha value is -1.69. The SMILES string of the molecule is Cc1cccc(C(=O)C(C)CC#N)c1F. The van der Waals surface area contributed by atoms with Crippen molar-refractivity contribution in [2.24, 2.45) is 5.92 Å². The Morgan fingerprint density at radius 1 is 1.60 bits per heavy atom. The van der Waals surface area contributed by atoms with Gasteiger partial charge >= 0.3 is 0 Å². The summed E-state index contributed by atoms with van der Waals surface area (Å²) in [6.07, 6.45) is 0.117. The Balaban J connectivity index is 3.02. The Bertz CT molecular complexity index is 420. The van der Waals surface area contributed by atoms with E-state index in [1.165, 1.54) is 6.07 Å². The summed E-state index contributed by atoms with van der Waals surface area (Å²) in [6, 6.07) is 6.62. The van der Waals surface area contributed by atoms with Gasteiger partial charge in [-0.05, 0) is 18.6 Å². The van der Waals surface area contributed by atoms with Gasteiger partial charge in [0, 0.05) is 12.3 Å². The lowest BCUT2D eigenvalue weighted by Crippen LogP contribution is -2.13. The number of aryl methyl sites for hydroxylation is 1. The highest BCUT2D eigenvalue weighted by Gasteiger charge is 2.18. The van der Waals surface area contributed by atoms with E-state index in [-0.39, 0.29) is 17.8 Å². The molecule has 1 atom stereocenters. The first-order valence-electron chi connectivity index (χ1n) is 4.74. The van der Waals surface area contributed by atoms with Crippen molar-refractivity contribution in [2.75, 3.05) is 0 Å². The molecule has 0 saturated heterocycles. The number of halogens is 1. The predicted octanol–water partition coefficient (Wildman–Crippen LogP) is 2.87. The first-order chi connectivity index (χ1) is 7.07. The molecule has 0 fully saturated rings. The maximum atomic E-state index is 13.5. The van der Waals surface area contributed by atoms with Crippen molar-refractivity contribution in [3.63, 3.8) is 0 Å². The van der Waals surface area contributed by atoms with E-state index in [1.54, 1.807) is 26.0 Å². The van der Waals surface area contributed by atoms with Crippen molar-refractivity contribution in [1.29, 1.82) is 5.26 Å². The van der Waals surface area contributed by atoms with Crippen LogP contribution in [0, 0.1) is 30.0 Å². The molecule has 0 heterocycles. The smallest absolute Gasteiger partial charge is 0.169 e. The van der Waals surface area contributed by atoms with Gasteiger partial charge in [-0.15, -0.1) is 0 Å². The maximum absolute atomic E-state index is 13.5. The van der Waals surface area contributed by atoms with E-state index in [1.807, 2.05) is 6.07 Å². The average molecular weight is 205 g/mol. The number of nitrogens with zero attached hydrogens (tertiary/aromatic N) is 1. The first-order valence-corrected chi connectivity index (χ1v) is 4.74. The largest absolute Gasteiger partial charge is 0.294 e. The maximum Gasteiger partial charge on any atom is 0.169 e. The molecule has 0 bridgehead atoms. The summed E-state index contributed by atoms with van der Waals surface area (Å²) in [5.74, 6) is -1.24. The summed E-state index contributed by atoms with van der Waals surface area (Å²) in [7, 11) is 0. The average Bonchev–Trinajstić information content (AvgIpc) is 2.21. The summed E-state index contributed by atoms with van der Waals surface area (Å²) < 4.78 is 13.5. The quantitative estimate of drug-likeness (QED) is 0.712. The number of Topliss-reactive ketones (excluding diaryl/α,β-unsaturated/α-hetero) is 1. The molecule has 0 aliphatic heterocycles. The molecule has 2 nitrogen and oxygen atoms in total. The van der Waals surface area contributed by atoms with Crippen LogP contribution in [0.3, 0.4) is 0 Å². The summed E-state index contributed by atoms with van der Waals surface area (Å²) in [5.41, 5.74) is 0.530. The van der Waals surface area contributed by atoms with Gasteiger partial charge in [0.1, 0.15) is 5.82 Å². The van der Waals surface area contributed by atoms with Crippen molar-refractivity contribution < 1.29 is 9.18 Å². The van der Waals surface area contributed by atoms with Gasteiger partial charge in [0.2, 0.25) is 0 Å². The molecular formula is C12H12FNO. The molecule has 0 radical (unpaired) electrons. The fourth-order valence-electron chi connectivity index (χ4n) is 1.33. The van der Waals surface area contributed by atoms with Crippen LogP contribution in [0.4, 0.5) is 4.39 Å². The zero-order chi connectivity index (χ0) is 11.4. The van der Waals surface area contributed by atoms with Gasteiger partial charge in [-0.25, -0.2) is 4.39 Å². The number of hydrogen-bond donors (Lipinski definition) is 0. The van der Waals surface area contributed by atoms with Crippen LogP contribution in [0.5, 0.6) is 0 Å². The minimum Gasteiger partial charge on any atom is -0.294 e. The minimum absolute atomic E-state index is 0.0813. The standard InChI is InChI=1S/C12H12FNO/c1-8-4-3-5-10(11(8)13)12(15)9(2)6-7-14/h3-5,9H,6H2,1-2H3. The Kier molecular flexibility index (Phi) is 3.56. The van der Waals surface area contributed by atoms with Crippen molar-refractivity contribution in [3.8, 4) is 6.07 Å². The van der Waals surface area contributed by atoms with Crippen LogP contribution in [0.25, 0.3) is 0 Å². The molecule has 0 saturated carbocycles. The number of carbonyl (C=O) groups excluding carboxylic acids is 1. The van der Waals surface area contributed by atoms with Crippen LogP contribution >= 0.6 is 0 Å². The third kappa shape index (κ3) is 2.41. The molecule has 15 heavy (non-hydrogen) atoms. The van der Waals surface area contributed by atoms with Gasteiger partial charge < -0.3 is 0 Å². The van der Waals surface area contributed by atoms with Crippen LogP contribution in [0.1, 0.15) is 29.3 Å². The van der Waals surface area contributed by atoms with Crippen LogP contribution < -0.4 is 0 Å². The number of hydrogen-bond acceptors (Lipinski definition) is 2. The summed E-state index contributed by atoms with van der Waals surface area (Å²) in [5, 5.41) is 8.46. The molecule has 1 aromatic rings. The van der Waals surface area contributed by atoms with Crippen molar-refractivity contribution in [3.05, 3.63) is 35.1 Å². The van der Waals surface area contributed by atoms with E-state index in [9.17, 15) is 9.18 Å². The lowest BCUT2D eigenvalue weighted by atomic mass is 9.95. The van der Waals surface area contributed by atoms with E-state index in [2.05, 4.69) is 0 Å². The van der Waals surface area contributed by atoms with E-state index in [0.717, 1.165) is 0 Å². The molecule has 0 amide bonds. The fraction of sp³-hybridized carbons (Fsp3) is 0.333. The molecule has 0 spiro atoms. The molecule has 78 valence electrons. The van der Waals surface area contributed by atoms with Crippen LogP contribution in [0.2, 0.25) is 0 Å². The van der Waals surface area contributed by atoms with E-state index in [4.69, 9.17) is 5.26 Å². The van der Waals surface area contributed by atoms with Crippen LogP contribution in [-0.4, -0.2) is 5.78 Å². The zero-order valence-corrected chi connectivity index (χ0v) is 8.75. The van der Waals surface area contributed by atoms with Crippen molar-refractivity contribution >= 4 is 5.78 Å². The Morgan fingerprint density at radius 2 is 2.27 bits per heavy atom. The molecule has 0 N–H and O–H groups in total.